The van der Waals surface area contributed by atoms with Gasteiger partial charge in [0.15, 0.2) is 0 Å². The zero-order valence-electron chi connectivity index (χ0n) is 8.03. The van der Waals surface area contributed by atoms with Gasteiger partial charge in [-0.05, 0) is 24.5 Å². The maximum atomic E-state index is 11.0. The minimum atomic E-state index is -0.742. The molecule has 1 aliphatic carbocycles. The summed E-state index contributed by atoms with van der Waals surface area (Å²) in [6, 6.07) is 1.88. The molecule has 0 bridgehead atoms. The van der Waals surface area contributed by atoms with Crippen molar-refractivity contribution in [3.63, 3.8) is 0 Å². The zero-order valence-corrected chi connectivity index (χ0v) is 8.03. The van der Waals surface area contributed by atoms with Crippen molar-refractivity contribution in [1.82, 2.24) is 9.97 Å². The molecule has 1 unspecified atom stereocenters. The van der Waals surface area contributed by atoms with Gasteiger partial charge in [-0.1, -0.05) is 0 Å². The second kappa shape index (κ2) is 2.82. The Balaban J connectivity index is 2.25. The highest BCUT2D eigenvalue weighted by Gasteiger charge is 2.31. The van der Waals surface area contributed by atoms with Crippen LogP contribution in [-0.4, -0.2) is 21.0 Å². The average molecular weight is 202 g/mol. The van der Waals surface area contributed by atoms with Crippen LogP contribution in [0.25, 0.3) is 10.9 Å². The van der Waals surface area contributed by atoms with Gasteiger partial charge in [-0.3, -0.25) is 9.78 Å². The molecule has 76 valence electrons. The number of carboxylic acids is 1. The number of aliphatic carboxylic acids is 1. The highest BCUT2D eigenvalue weighted by molar-refractivity contribution is 5.88. The second-order valence-electron chi connectivity index (χ2n) is 3.87. The monoisotopic (exact) mass is 202 g/mol. The summed E-state index contributed by atoms with van der Waals surface area (Å²) in [4.78, 5) is 18.3. The van der Waals surface area contributed by atoms with E-state index >= 15 is 0 Å². The van der Waals surface area contributed by atoms with Crippen LogP contribution in [0.3, 0.4) is 0 Å². The Hall–Kier alpha value is -1.84. The summed E-state index contributed by atoms with van der Waals surface area (Å²) in [5.41, 5.74) is 2.98. The molecule has 1 aliphatic rings. The maximum absolute atomic E-state index is 11.0. The minimum Gasteiger partial charge on any atom is -0.481 e. The van der Waals surface area contributed by atoms with Crippen LogP contribution in [0.2, 0.25) is 0 Å². The topological polar surface area (TPSA) is 66.0 Å². The highest BCUT2D eigenvalue weighted by atomic mass is 16.4. The van der Waals surface area contributed by atoms with Crippen LogP contribution in [0.1, 0.15) is 23.6 Å². The summed E-state index contributed by atoms with van der Waals surface area (Å²) in [7, 11) is 0. The van der Waals surface area contributed by atoms with Gasteiger partial charge in [0.2, 0.25) is 0 Å². The number of hydrogen-bond donors (Lipinski definition) is 2. The van der Waals surface area contributed by atoms with E-state index in [0.29, 0.717) is 6.42 Å². The first-order valence-corrected chi connectivity index (χ1v) is 4.94. The number of fused-ring (bicyclic) bond motifs is 3. The van der Waals surface area contributed by atoms with E-state index in [-0.39, 0.29) is 5.92 Å². The van der Waals surface area contributed by atoms with Crippen molar-refractivity contribution in [2.75, 3.05) is 0 Å². The van der Waals surface area contributed by atoms with Gasteiger partial charge >= 0.3 is 5.97 Å². The SMILES string of the molecule is O=C(O)C1CCc2c1[nH]c1ccncc21. The van der Waals surface area contributed by atoms with E-state index in [0.717, 1.165) is 28.6 Å². The smallest absolute Gasteiger partial charge is 0.312 e. The lowest BCUT2D eigenvalue weighted by Crippen LogP contribution is -2.08. The van der Waals surface area contributed by atoms with Crippen molar-refractivity contribution >= 4 is 16.9 Å². The first kappa shape index (κ1) is 8.47. The van der Waals surface area contributed by atoms with Crippen LogP contribution in [-0.2, 0) is 11.2 Å². The maximum Gasteiger partial charge on any atom is 0.312 e. The molecule has 2 heterocycles. The van der Waals surface area contributed by atoms with E-state index in [2.05, 4.69) is 9.97 Å². The van der Waals surface area contributed by atoms with Crippen molar-refractivity contribution in [3.05, 3.63) is 29.7 Å². The molecule has 0 fully saturated rings. The van der Waals surface area contributed by atoms with Crippen LogP contribution in [0, 0.1) is 0 Å². The molecule has 2 aromatic heterocycles. The van der Waals surface area contributed by atoms with Gasteiger partial charge in [0, 0.05) is 29.0 Å². The third-order valence-electron chi connectivity index (χ3n) is 3.07. The molecule has 4 heteroatoms. The Labute approximate surface area is 86.0 Å². The number of aryl methyl sites for hydroxylation is 1. The fourth-order valence-corrected chi connectivity index (χ4v) is 2.36. The first-order chi connectivity index (χ1) is 7.27. The fraction of sp³-hybridized carbons (Fsp3) is 0.273. The molecule has 0 aromatic carbocycles. The number of nitrogens with one attached hydrogen (secondary N) is 1. The lowest BCUT2D eigenvalue weighted by molar-refractivity contribution is -0.138. The summed E-state index contributed by atoms with van der Waals surface area (Å²) in [6.07, 6.45) is 5.04. The van der Waals surface area contributed by atoms with E-state index in [1.54, 1.807) is 12.4 Å². The van der Waals surface area contributed by atoms with Crippen LogP contribution in [0.5, 0.6) is 0 Å². The number of rotatable bonds is 1. The third kappa shape index (κ3) is 1.08. The van der Waals surface area contributed by atoms with E-state index in [1.807, 2.05) is 6.07 Å². The number of hydrogen-bond acceptors (Lipinski definition) is 2. The molecule has 0 spiro atoms. The number of carboxylic acid groups (broad SMARTS) is 1. The Morgan fingerprint density at radius 3 is 3.27 bits per heavy atom. The quantitative estimate of drug-likeness (QED) is 0.739. The molecule has 0 saturated carbocycles. The van der Waals surface area contributed by atoms with Gasteiger partial charge in [0.25, 0.3) is 0 Å². The summed E-state index contributed by atoms with van der Waals surface area (Å²) in [6.45, 7) is 0. The molecule has 0 saturated heterocycles. The highest BCUT2D eigenvalue weighted by Crippen LogP contribution is 2.37. The van der Waals surface area contributed by atoms with Crippen molar-refractivity contribution in [2.24, 2.45) is 0 Å². The van der Waals surface area contributed by atoms with Crippen molar-refractivity contribution in [3.8, 4) is 0 Å². The summed E-state index contributed by atoms with van der Waals surface area (Å²) in [5, 5.41) is 10.1. The molecule has 0 aliphatic heterocycles. The lowest BCUT2D eigenvalue weighted by Gasteiger charge is -2.01. The number of aromatic amines is 1. The van der Waals surface area contributed by atoms with Crippen LogP contribution < -0.4 is 0 Å². The Bertz CT molecular complexity index is 545. The van der Waals surface area contributed by atoms with Crippen molar-refractivity contribution in [2.45, 2.75) is 18.8 Å². The van der Waals surface area contributed by atoms with Gasteiger partial charge in [0.1, 0.15) is 0 Å². The van der Waals surface area contributed by atoms with E-state index < -0.39 is 5.97 Å². The van der Waals surface area contributed by atoms with Crippen molar-refractivity contribution in [1.29, 1.82) is 0 Å². The predicted molar refractivity (Wildman–Crippen MR) is 54.8 cm³/mol. The van der Waals surface area contributed by atoms with E-state index in [9.17, 15) is 4.79 Å². The number of H-pyrrole nitrogens is 1. The molecule has 2 aromatic rings. The Morgan fingerprint density at radius 1 is 1.60 bits per heavy atom. The number of pyridine rings is 1. The number of carbonyl (C=O) groups is 1. The molecule has 2 N–H and O–H groups in total. The molecule has 3 rings (SSSR count). The largest absolute Gasteiger partial charge is 0.481 e. The number of nitrogens with zero attached hydrogens (tertiary/aromatic N) is 1. The van der Waals surface area contributed by atoms with Gasteiger partial charge in [-0.2, -0.15) is 0 Å². The second-order valence-corrected chi connectivity index (χ2v) is 3.87. The summed E-state index contributed by atoms with van der Waals surface area (Å²) in [5.74, 6) is -1.11. The van der Waals surface area contributed by atoms with E-state index in [4.69, 9.17) is 5.11 Å². The van der Waals surface area contributed by atoms with E-state index in [1.165, 1.54) is 0 Å². The van der Waals surface area contributed by atoms with Gasteiger partial charge in [0.05, 0.1) is 5.92 Å². The minimum absolute atomic E-state index is 0.368. The van der Waals surface area contributed by atoms with Crippen LogP contribution in [0.15, 0.2) is 18.5 Å². The molecular weight excluding hydrogens is 192 g/mol. The Kier molecular flexibility index (Phi) is 1.59. The standard InChI is InChI=1S/C11H10N2O2/c14-11(15)7-2-1-6-8-5-12-4-3-9(8)13-10(6)7/h3-5,7,13H,1-2H2,(H,14,15). The molecule has 4 nitrogen and oxygen atoms in total. The van der Waals surface area contributed by atoms with Crippen LogP contribution >= 0.6 is 0 Å². The molecule has 0 amide bonds. The average Bonchev–Trinajstić information content (AvgIpc) is 2.74. The normalized spacial score (nSPS) is 19.3. The van der Waals surface area contributed by atoms with Crippen molar-refractivity contribution < 1.29 is 9.90 Å². The first-order valence-electron chi connectivity index (χ1n) is 4.94. The number of aromatic nitrogens is 2. The van der Waals surface area contributed by atoms with Crippen LogP contribution in [0.4, 0.5) is 0 Å². The third-order valence-corrected chi connectivity index (χ3v) is 3.07. The van der Waals surface area contributed by atoms with Gasteiger partial charge in [-0.25, -0.2) is 0 Å². The summed E-state index contributed by atoms with van der Waals surface area (Å²) < 4.78 is 0. The van der Waals surface area contributed by atoms with Gasteiger partial charge in [-0.15, -0.1) is 0 Å². The van der Waals surface area contributed by atoms with Gasteiger partial charge < -0.3 is 10.1 Å². The fourth-order valence-electron chi connectivity index (χ4n) is 2.36. The Morgan fingerprint density at radius 2 is 2.47 bits per heavy atom. The zero-order chi connectivity index (χ0) is 10.4. The summed E-state index contributed by atoms with van der Waals surface area (Å²) >= 11 is 0. The molecule has 0 radical (unpaired) electrons. The molecule has 1 atom stereocenters. The lowest BCUT2D eigenvalue weighted by atomic mass is 10.1. The molecular formula is C11H10N2O2. The predicted octanol–water partition coefficient (Wildman–Crippen LogP) is 1.68. The molecule has 15 heavy (non-hydrogen) atoms.